The molecule has 0 spiro atoms. The molecule has 0 aromatic carbocycles. The van der Waals surface area contributed by atoms with Gasteiger partial charge < -0.3 is 10.2 Å². The Kier molecular flexibility index (Phi) is 4.71. The Morgan fingerprint density at radius 1 is 1.36 bits per heavy atom. The zero-order valence-corrected chi connectivity index (χ0v) is 14.7. The average Bonchev–Trinajstić information content (AvgIpc) is 3.30. The van der Waals surface area contributed by atoms with Gasteiger partial charge in [-0.1, -0.05) is 6.07 Å². The van der Waals surface area contributed by atoms with Crippen LogP contribution in [-0.4, -0.2) is 50.0 Å². The summed E-state index contributed by atoms with van der Waals surface area (Å²) in [5.41, 5.74) is 0.887. The van der Waals surface area contributed by atoms with Crippen LogP contribution in [0.4, 0.5) is 5.13 Å². The molecule has 4 rings (SSSR count). The number of nitrogens with zero attached hydrogens (tertiary/aromatic N) is 5. The first-order chi connectivity index (χ1) is 12.3. The largest absolute Gasteiger partial charge is 0.302 e. The minimum Gasteiger partial charge on any atom is -0.302 e. The first kappa shape index (κ1) is 16.2. The maximum Gasteiger partial charge on any atom is 0.227 e. The van der Waals surface area contributed by atoms with Gasteiger partial charge in [0.05, 0.1) is 0 Å². The molecule has 0 saturated carbocycles. The van der Waals surface area contributed by atoms with Crippen LogP contribution in [0.5, 0.6) is 0 Å². The Balaban J connectivity index is 1.35. The number of piperidine rings is 1. The molecule has 1 aliphatic rings. The number of pyridine rings is 1. The third-order valence-electron chi connectivity index (χ3n) is 4.54. The van der Waals surface area contributed by atoms with Crippen molar-refractivity contribution in [2.24, 2.45) is 0 Å². The first-order valence-corrected chi connectivity index (χ1v) is 9.39. The standard InChI is InChI=1S/C17H20N6OS/c24-15(19-17-18-7-11-25-17)6-10-22-8-3-4-13(12-22)16-21-20-14-5-1-2-9-23(14)16/h1-2,5,7,9,11,13H,3-4,6,8,10,12H2,(H,18,19,24)/t13-/m0/s1. The number of hydrogen-bond acceptors (Lipinski definition) is 6. The molecule has 1 saturated heterocycles. The summed E-state index contributed by atoms with van der Waals surface area (Å²) in [6, 6.07) is 5.95. The monoisotopic (exact) mass is 356 g/mol. The number of aromatic nitrogens is 4. The van der Waals surface area contributed by atoms with Crippen LogP contribution in [0, 0.1) is 0 Å². The minimum atomic E-state index is 0.0185. The lowest BCUT2D eigenvalue weighted by Crippen LogP contribution is -2.37. The van der Waals surface area contributed by atoms with E-state index in [2.05, 4.69) is 29.8 Å². The lowest BCUT2D eigenvalue weighted by Gasteiger charge is -2.31. The molecular formula is C17H20N6OS. The van der Waals surface area contributed by atoms with Crippen molar-refractivity contribution in [3.63, 3.8) is 0 Å². The number of rotatable bonds is 5. The maximum atomic E-state index is 12.0. The molecule has 7 nitrogen and oxygen atoms in total. The summed E-state index contributed by atoms with van der Waals surface area (Å²) >= 11 is 1.44. The van der Waals surface area contributed by atoms with Gasteiger partial charge in [-0.15, -0.1) is 21.5 Å². The fourth-order valence-corrected chi connectivity index (χ4v) is 3.88. The van der Waals surface area contributed by atoms with Gasteiger partial charge in [0, 0.05) is 43.2 Å². The van der Waals surface area contributed by atoms with Gasteiger partial charge >= 0.3 is 0 Å². The summed E-state index contributed by atoms with van der Waals surface area (Å²) in [5.74, 6) is 1.39. The third-order valence-corrected chi connectivity index (χ3v) is 5.23. The van der Waals surface area contributed by atoms with Gasteiger partial charge in [-0.25, -0.2) is 4.98 Å². The molecule has 1 aliphatic heterocycles. The van der Waals surface area contributed by atoms with Crippen molar-refractivity contribution in [3.8, 4) is 0 Å². The smallest absolute Gasteiger partial charge is 0.227 e. The topological polar surface area (TPSA) is 75.4 Å². The highest BCUT2D eigenvalue weighted by Crippen LogP contribution is 2.26. The molecule has 8 heteroatoms. The van der Waals surface area contributed by atoms with Crippen LogP contribution in [0.2, 0.25) is 0 Å². The molecule has 130 valence electrons. The fraction of sp³-hybridized carbons (Fsp3) is 0.412. The lowest BCUT2D eigenvalue weighted by molar-refractivity contribution is -0.116. The van der Waals surface area contributed by atoms with E-state index in [1.54, 1.807) is 6.20 Å². The number of hydrogen-bond donors (Lipinski definition) is 1. The van der Waals surface area contributed by atoms with Crippen LogP contribution in [0.25, 0.3) is 5.65 Å². The zero-order chi connectivity index (χ0) is 17.1. The summed E-state index contributed by atoms with van der Waals surface area (Å²) in [6.45, 7) is 2.70. The predicted octanol–water partition coefficient (Wildman–Crippen LogP) is 2.39. The first-order valence-electron chi connectivity index (χ1n) is 8.51. The SMILES string of the molecule is O=C(CCN1CCC[C@H](c2nnc3ccccn23)C1)Nc1nccs1. The molecule has 0 bridgehead atoms. The summed E-state index contributed by atoms with van der Waals surface area (Å²) < 4.78 is 2.07. The van der Waals surface area contributed by atoms with E-state index in [4.69, 9.17) is 0 Å². The van der Waals surface area contributed by atoms with Gasteiger partial charge in [0.1, 0.15) is 5.82 Å². The number of amides is 1. The van der Waals surface area contributed by atoms with Crippen LogP contribution in [-0.2, 0) is 4.79 Å². The highest BCUT2D eigenvalue weighted by atomic mass is 32.1. The molecule has 4 heterocycles. The molecule has 25 heavy (non-hydrogen) atoms. The van der Waals surface area contributed by atoms with E-state index >= 15 is 0 Å². The second-order valence-corrected chi connectivity index (χ2v) is 7.16. The number of thiazole rings is 1. The minimum absolute atomic E-state index is 0.0185. The molecule has 0 radical (unpaired) electrons. The fourth-order valence-electron chi connectivity index (χ4n) is 3.33. The van der Waals surface area contributed by atoms with Gasteiger partial charge in [0.15, 0.2) is 10.8 Å². The van der Waals surface area contributed by atoms with Crippen molar-refractivity contribution in [1.82, 2.24) is 24.5 Å². The highest BCUT2D eigenvalue weighted by Gasteiger charge is 2.25. The molecule has 1 fully saturated rings. The Labute approximate surface area is 149 Å². The molecule has 3 aromatic rings. The summed E-state index contributed by atoms with van der Waals surface area (Å²) in [4.78, 5) is 18.5. The van der Waals surface area contributed by atoms with E-state index in [1.165, 1.54) is 11.3 Å². The second-order valence-electron chi connectivity index (χ2n) is 6.26. The van der Waals surface area contributed by atoms with Crippen LogP contribution in [0.1, 0.15) is 31.0 Å². The number of carbonyl (C=O) groups excluding carboxylic acids is 1. The second kappa shape index (κ2) is 7.28. The zero-order valence-electron chi connectivity index (χ0n) is 13.8. The van der Waals surface area contributed by atoms with Crippen LogP contribution < -0.4 is 5.32 Å². The van der Waals surface area contributed by atoms with Gasteiger partial charge in [-0.2, -0.15) is 0 Å². The van der Waals surface area contributed by atoms with Crippen molar-refractivity contribution < 1.29 is 4.79 Å². The predicted molar refractivity (Wildman–Crippen MR) is 96.8 cm³/mol. The van der Waals surface area contributed by atoms with Crippen molar-refractivity contribution in [2.75, 3.05) is 25.0 Å². The molecule has 3 aromatic heterocycles. The molecule has 1 amide bonds. The Hall–Kier alpha value is -2.32. The van der Waals surface area contributed by atoms with E-state index in [-0.39, 0.29) is 5.91 Å². The van der Waals surface area contributed by atoms with E-state index in [0.29, 0.717) is 17.5 Å². The van der Waals surface area contributed by atoms with Crippen LogP contribution in [0.3, 0.4) is 0 Å². The van der Waals surface area contributed by atoms with Gasteiger partial charge in [-0.3, -0.25) is 9.20 Å². The van der Waals surface area contributed by atoms with E-state index in [1.807, 2.05) is 29.8 Å². The van der Waals surface area contributed by atoms with Gasteiger partial charge in [0.25, 0.3) is 0 Å². The third kappa shape index (κ3) is 3.69. The number of nitrogens with one attached hydrogen (secondary N) is 1. The summed E-state index contributed by atoms with van der Waals surface area (Å²) in [6.07, 6.45) is 6.41. The highest BCUT2D eigenvalue weighted by molar-refractivity contribution is 7.13. The molecule has 0 unspecified atom stereocenters. The number of carbonyl (C=O) groups is 1. The van der Waals surface area contributed by atoms with Crippen molar-refractivity contribution in [1.29, 1.82) is 0 Å². The van der Waals surface area contributed by atoms with E-state index in [9.17, 15) is 4.79 Å². The molecule has 0 aliphatic carbocycles. The van der Waals surface area contributed by atoms with Crippen molar-refractivity contribution in [2.45, 2.75) is 25.2 Å². The summed E-state index contributed by atoms with van der Waals surface area (Å²) in [7, 11) is 0. The summed E-state index contributed by atoms with van der Waals surface area (Å²) in [5, 5.41) is 14.0. The Morgan fingerprint density at radius 2 is 2.32 bits per heavy atom. The maximum absolute atomic E-state index is 12.0. The number of fused-ring (bicyclic) bond motifs is 1. The van der Waals surface area contributed by atoms with Gasteiger partial charge in [-0.05, 0) is 31.5 Å². The lowest BCUT2D eigenvalue weighted by atomic mass is 9.97. The van der Waals surface area contributed by atoms with Crippen LogP contribution in [0.15, 0.2) is 36.0 Å². The molecule has 1 N–H and O–H groups in total. The van der Waals surface area contributed by atoms with Gasteiger partial charge in [0.2, 0.25) is 5.91 Å². The Morgan fingerprint density at radius 3 is 3.20 bits per heavy atom. The normalized spacial score (nSPS) is 18.5. The van der Waals surface area contributed by atoms with E-state index in [0.717, 1.165) is 43.9 Å². The quantitative estimate of drug-likeness (QED) is 0.760. The number of likely N-dealkylation sites (tertiary alicyclic amines) is 1. The van der Waals surface area contributed by atoms with Crippen molar-refractivity contribution in [3.05, 3.63) is 41.8 Å². The van der Waals surface area contributed by atoms with Crippen molar-refractivity contribution >= 4 is 28.0 Å². The Bertz CT molecular complexity index is 846. The molecular weight excluding hydrogens is 336 g/mol. The van der Waals surface area contributed by atoms with Crippen LogP contribution >= 0.6 is 11.3 Å². The van der Waals surface area contributed by atoms with E-state index < -0.39 is 0 Å². The molecule has 1 atom stereocenters. The average molecular weight is 356 g/mol. The number of anilines is 1.